The van der Waals surface area contributed by atoms with E-state index in [-0.39, 0.29) is 5.91 Å². The third kappa shape index (κ3) is 4.90. The molecule has 3 rings (SSSR count). The maximum absolute atomic E-state index is 12.6. The average molecular weight is 369 g/mol. The number of aromatic nitrogens is 1. The van der Waals surface area contributed by atoms with Crippen molar-refractivity contribution in [3.8, 4) is 11.5 Å². The number of carbonyl (C=O) groups is 1. The summed E-state index contributed by atoms with van der Waals surface area (Å²) in [6.45, 7) is 2.41. The number of hydrogen-bond acceptors (Lipinski definition) is 5. The molecule has 0 unspecified atom stereocenters. The number of nitrogens with one attached hydrogen (secondary N) is 1. The standard InChI is InChI=1S/C21H27N3O3/c1-26-19-7-6-16(14-20(19)27-2)8-10-22-17-9-11-23-18(15-17)21(25)24-12-4-3-5-13-24/h6-7,9,11,14-15H,3-5,8,10,12-13H2,1-2H3,(H,22,23). The molecule has 1 aliphatic heterocycles. The summed E-state index contributed by atoms with van der Waals surface area (Å²) in [5.41, 5.74) is 2.57. The van der Waals surface area contributed by atoms with Gasteiger partial charge in [-0.15, -0.1) is 0 Å². The Morgan fingerprint density at radius 2 is 1.85 bits per heavy atom. The van der Waals surface area contributed by atoms with Gasteiger partial charge in [0.15, 0.2) is 11.5 Å². The molecule has 0 radical (unpaired) electrons. The Morgan fingerprint density at radius 1 is 1.07 bits per heavy atom. The van der Waals surface area contributed by atoms with Gasteiger partial charge in [-0.2, -0.15) is 0 Å². The predicted octanol–water partition coefficient (Wildman–Crippen LogP) is 3.38. The van der Waals surface area contributed by atoms with Gasteiger partial charge >= 0.3 is 0 Å². The van der Waals surface area contributed by atoms with Crippen LogP contribution >= 0.6 is 0 Å². The topological polar surface area (TPSA) is 63.7 Å². The summed E-state index contributed by atoms with van der Waals surface area (Å²) in [6, 6.07) is 9.66. The van der Waals surface area contributed by atoms with Crippen LogP contribution in [-0.2, 0) is 6.42 Å². The first-order valence-electron chi connectivity index (χ1n) is 9.41. The molecule has 1 aromatic heterocycles. The Balaban J connectivity index is 1.58. The zero-order chi connectivity index (χ0) is 19.1. The number of likely N-dealkylation sites (tertiary alicyclic amines) is 1. The minimum atomic E-state index is 0.0261. The number of nitrogens with zero attached hydrogens (tertiary/aromatic N) is 2. The van der Waals surface area contributed by atoms with E-state index in [0.29, 0.717) is 5.69 Å². The van der Waals surface area contributed by atoms with E-state index in [2.05, 4.69) is 10.3 Å². The minimum absolute atomic E-state index is 0.0261. The normalized spacial score (nSPS) is 13.9. The van der Waals surface area contributed by atoms with Crippen LogP contribution in [0.2, 0.25) is 0 Å². The van der Waals surface area contributed by atoms with E-state index in [1.807, 2.05) is 35.2 Å². The largest absolute Gasteiger partial charge is 0.493 e. The molecule has 27 heavy (non-hydrogen) atoms. The van der Waals surface area contributed by atoms with Gasteiger partial charge in [-0.1, -0.05) is 6.07 Å². The number of methoxy groups -OCH3 is 2. The maximum atomic E-state index is 12.6. The summed E-state index contributed by atoms with van der Waals surface area (Å²) in [7, 11) is 3.27. The van der Waals surface area contributed by atoms with Crippen LogP contribution in [0.5, 0.6) is 11.5 Å². The van der Waals surface area contributed by atoms with Crippen LogP contribution in [0.4, 0.5) is 5.69 Å². The Kier molecular flexibility index (Phi) is 6.52. The van der Waals surface area contributed by atoms with E-state index in [9.17, 15) is 4.79 Å². The van der Waals surface area contributed by atoms with Crippen molar-refractivity contribution in [2.75, 3.05) is 39.2 Å². The van der Waals surface area contributed by atoms with Crippen LogP contribution in [0.1, 0.15) is 35.3 Å². The zero-order valence-electron chi connectivity index (χ0n) is 16.0. The molecule has 0 spiro atoms. The molecule has 1 fully saturated rings. The van der Waals surface area contributed by atoms with E-state index >= 15 is 0 Å². The van der Waals surface area contributed by atoms with Crippen LogP contribution in [0, 0.1) is 0 Å². The molecule has 0 atom stereocenters. The van der Waals surface area contributed by atoms with Gasteiger partial charge < -0.3 is 19.7 Å². The molecule has 0 aliphatic carbocycles. The molecule has 6 nitrogen and oxygen atoms in total. The lowest BCUT2D eigenvalue weighted by atomic mass is 10.1. The van der Waals surface area contributed by atoms with Crippen molar-refractivity contribution in [3.63, 3.8) is 0 Å². The number of benzene rings is 1. The van der Waals surface area contributed by atoms with Gasteiger partial charge in [-0.25, -0.2) is 0 Å². The van der Waals surface area contributed by atoms with E-state index in [1.165, 1.54) is 6.42 Å². The van der Waals surface area contributed by atoms with Crippen molar-refractivity contribution < 1.29 is 14.3 Å². The molecule has 1 saturated heterocycles. The quantitative estimate of drug-likeness (QED) is 0.811. The van der Waals surface area contributed by atoms with Crippen LogP contribution in [0.3, 0.4) is 0 Å². The lowest BCUT2D eigenvalue weighted by Gasteiger charge is -2.26. The van der Waals surface area contributed by atoms with Gasteiger partial charge in [0.1, 0.15) is 5.69 Å². The zero-order valence-corrected chi connectivity index (χ0v) is 16.0. The lowest BCUT2D eigenvalue weighted by Crippen LogP contribution is -2.36. The second-order valence-electron chi connectivity index (χ2n) is 6.65. The Labute approximate surface area is 160 Å². The highest BCUT2D eigenvalue weighted by atomic mass is 16.5. The van der Waals surface area contributed by atoms with E-state index < -0.39 is 0 Å². The molecular weight excluding hydrogens is 342 g/mol. The smallest absolute Gasteiger partial charge is 0.272 e. The predicted molar refractivity (Wildman–Crippen MR) is 106 cm³/mol. The van der Waals surface area contributed by atoms with E-state index in [4.69, 9.17) is 9.47 Å². The molecule has 1 N–H and O–H groups in total. The first kappa shape index (κ1) is 19.0. The minimum Gasteiger partial charge on any atom is -0.493 e. The Morgan fingerprint density at radius 3 is 2.59 bits per heavy atom. The molecule has 0 bridgehead atoms. The summed E-state index contributed by atoms with van der Waals surface area (Å²) in [6.07, 6.45) is 5.88. The van der Waals surface area contributed by atoms with Crippen molar-refractivity contribution >= 4 is 11.6 Å². The highest BCUT2D eigenvalue weighted by Crippen LogP contribution is 2.27. The molecule has 144 valence electrons. The number of rotatable bonds is 7. The van der Waals surface area contributed by atoms with E-state index in [0.717, 1.165) is 61.6 Å². The lowest BCUT2D eigenvalue weighted by molar-refractivity contribution is 0.0718. The third-order valence-electron chi connectivity index (χ3n) is 4.81. The van der Waals surface area contributed by atoms with Crippen molar-refractivity contribution in [3.05, 3.63) is 47.8 Å². The molecule has 1 aromatic carbocycles. The summed E-state index contributed by atoms with van der Waals surface area (Å²) < 4.78 is 10.6. The van der Waals surface area contributed by atoms with Crippen molar-refractivity contribution in [2.45, 2.75) is 25.7 Å². The Hall–Kier alpha value is -2.76. The van der Waals surface area contributed by atoms with Gasteiger partial charge in [-0.3, -0.25) is 9.78 Å². The SMILES string of the molecule is COc1ccc(CCNc2ccnc(C(=O)N3CCCCC3)c2)cc1OC. The average Bonchev–Trinajstić information content (AvgIpc) is 2.74. The van der Waals surface area contributed by atoms with Crippen LogP contribution in [0.25, 0.3) is 0 Å². The number of anilines is 1. The Bertz CT molecular complexity index is 773. The molecular formula is C21H27N3O3. The number of hydrogen-bond donors (Lipinski definition) is 1. The van der Waals surface area contributed by atoms with Crippen LogP contribution < -0.4 is 14.8 Å². The monoisotopic (exact) mass is 369 g/mol. The number of piperidine rings is 1. The van der Waals surface area contributed by atoms with Gasteiger partial charge in [0.25, 0.3) is 5.91 Å². The summed E-state index contributed by atoms with van der Waals surface area (Å²) in [4.78, 5) is 18.8. The molecule has 0 saturated carbocycles. The maximum Gasteiger partial charge on any atom is 0.272 e. The van der Waals surface area contributed by atoms with Gasteiger partial charge in [0.2, 0.25) is 0 Å². The van der Waals surface area contributed by atoms with Crippen LogP contribution in [-0.4, -0.2) is 49.6 Å². The van der Waals surface area contributed by atoms with Crippen LogP contribution in [0.15, 0.2) is 36.5 Å². The summed E-state index contributed by atoms with van der Waals surface area (Å²) in [5, 5.41) is 3.37. The second-order valence-corrected chi connectivity index (χ2v) is 6.65. The number of ether oxygens (including phenoxy) is 2. The molecule has 2 aromatic rings. The van der Waals surface area contributed by atoms with Gasteiger partial charge in [-0.05, 0) is 55.5 Å². The van der Waals surface area contributed by atoms with Crippen molar-refractivity contribution in [1.29, 1.82) is 0 Å². The highest BCUT2D eigenvalue weighted by molar-refractivity contribution is 5.93. The molecule has 6 heteroatoms. The third-order valence-corrected chi connectivity index (χ3v) is 4.81. The first-order chi connectivity index (χ1) is 13.2. The number of pyridine rings is 1. The molecule has 2 heterocycles. The molecule has 1 amide bonds. The second kappa shape index (κ2) is 9.26. The highest BCUT2D eigenvalue weighted by Gasteiger charge is 2.19. The summed E-state index contributed by atoms with van der Waals surface area (Å²) >= 11 is 0. The fraction of sp³-hybridized carbons (Fsp3) is 0.429. The van der Waals surface area contributed by atoms with Crippen molar-refractivity contribution in [2.24, 2.45) is 0 Å². The fourth-order valence-corrected chi connectivity index (χ4v) is 3.30. The van der Waals surface area contributed by atoms with Gasteiger partial charge in [0.05, 0.1) is 14.2 Å². The molecule has 1 aliphatic rings. The van der Waals surface area contributed by atoms with E-state index in [1.54, 1.807) is 20.4 Å². The number of carbonyl (C=O) groups excluding carboxylic acids is 1. The van der Waals surface area contributed by atoms with Gasteiger partial charge in [0, 0.05) is 31.5 Å². The summed E-state index contributed by atoms with van der Waals surface area (Å²) in [5.74, 6) is 1.48. The fourth-order valence-electron chi connectivity index (χ4n) is 3.30. The van der Waals surface area contributed by atoms with Crippen molar-refractivity contribution in [1.82, 2.24) is 9.88 Å². The number of amides is 1. The first-order valence-corrected chi connectivity index (χ1v) is 9.41.